The van der Waals surface area contributed by atoms with Gasteiger partial charge >= 0.3 is 5.56 Å². The van der Waals surface area contributed by atoms with E-state index in [1.807, 2.05) is 24.5 Å². The molecule has 0 spiro atoms. The zero-order chi connectivity index (χ0) is 13.8. The summed E-state index contributed by atoms with van der Waals surface area (Å²) in [6.45, 7) is 3.84. The minimum atomic E-state index is -0.343. The number of rotatable bonds is 4. The van der Waals surface area contributed by atoms with Gasteiger partial charge in [0.1, 0.15) is 0 Å². The van der Waals surface area contributed by atoms with E-state index in [4.69, 9.17) is 4.74 Å². The van der Waals surface area contributed by atoms with Crippen LogP contribution in [0.3, 0.4) is 0 Å². The van der Waals surface area contributed by atoms with Crippen LogP contribution in [-0.2, 0) is 0 Å². The number of aromatic nitrogens is 2. The number of thioether (sulfide) groups is 1. The molecule has 0 aliphatic heterocycles. The summed E-state index contributed by atoms with van der Waals surface area (Å²) in [5, 5.41) is 6.21. The fraction of sp³-hybridized carbons (Fsp3) is 0.143. The third-order valence-electron chi connectivity index (χ3n) is 2.80. The van der Waals surface area contributed by atoms with Crippen LogP contribution < -0.4 is 10.3 Å². The van der Waals surface area contributed by atoms with Crippen LogP contribution in [0.5, 0.6) is 5.75 Å². The SMILES string of the molecule is C=Cc1c(SC)cccc1-c1cn[nH]c(=O)c1OC. The molecule has 0 aliphatic carbocycles. The topological polar surface area (TPSA) is 55.0 Å². The van der Waals surface area contributed by atoms with Crippen LogP contribution in [0, 0.1) is 0 Å². The summed E-state index contributed by atoms with van der Waals surface area (Å²) in [7, 11) is 1.47. The van der Waals surface area contributed by atoms with Crippen molar-refractivity contribution < 1.29 is 4.74 Å². The highest BCUT2D eigenvalue weighted by Gasteiger charge is 2.14. The van der Waals surface area contributed by atoms with Gasteiger partial charge < -0.3 is 4.74 Å². The second-order valence-corrected chi connectivity index (χ2v) is 4.62. The van der Waals surface area contributed by atoms with Gasteiger partial charge in [-0.25, -0.2) is 5.10 Å². The molecular weight excluding hydrogens is 260 g/mol. The zero-order valence-electron chi connectivity index (χ0n) is 10.8. The minimum absolute atomic E-state index is 0.261. The minimum Gasteiger partial charge on any atom is -0.491 e. The van der Waals surface area contributed by atoms with Crippen LogP contribution in [0.2, 0.25) is 0 Å². The van der Waals surface area contributed by atoms with Crippen molar-refractivity contribution >= 4 is 17.8 Å². The van der Waals surface area contributed by atoms with Crippen LogP contribution in [0.25, 0.3) is 17.2 Å². The maximum atomic E-state index is 11.7. The Kier molecular flexibility index (Phi) is 4.06. The highest BCUT2D eigenvalue weighted by molar-refractivity contribution is 7.98. The van der Waals surface area contributed by atoms with E-state index >= 15 is 0 Å². The second-order valence-electron chi connectivity index (χ2n) is 3.77. The van der Waals surface area contributed by atoms with Crippen LogP contribution in [-0.4, -0.2) is 23.6 Å². The van der Waals surface area contributed by atoms with Gasteiger partial charge in [-0.05, 0) is 23.4 Å². The summed E-state index contributed by atoms with van der Waals surface area (Å²) in [5.74, 6) is 0.261. The molecule has 0 aliphatic rings. The average Bonchev–Trinajstić information content (AvgIpc) is 2.45. The number of hydrogen-bond donors (Lipinski definition) is 1. The Morgan fingerprint density at radius 3 is 2.84 bits per heavy atom. The number of benzene rings is 1. The lowest BCUT2D eigenvalue weighted by Crippen LogP contribution is -2.12. The standard InChI is InChI=1S/C14H14N2O2S/c1-4-9-10(6-5-7-12(9)19-3)11-8-15-16-14(17)13(11)18-2/h4-8H,1H2,2-3H3,(H,16,17). The molecule has 1 heterocycles. The van der Waals surface area contributed by atoms with Crippen molar-refractivity contribution in [3.05, 3.63) is 46.9 Å². The molecular formula is C14H14N2O2S. The molecule has 2 aromatic rings. The Balaban J connectivity index is 2.76. The van der Waals surface area contributed by atoms with E-state index in [-0.39, 0.29) is 11.3 Å². The van der Waals surface area contributed by atoms with E-state index in [9.17, 15) is 4.79 Å². The number of hydrogen-bond acceptors (Lipinski definition) is 4. The van der Waals surface area contributed by atoms with Gasteiger partial charge in [-0.3, -0.25) is 4.79 Å². The Morgan fingerprint density at radius 1 is 1.42 bits per heavy atom. The van der Waals surface area contributed by atoms with Crippen molar-refractivity contribution in [2.45, 2.75) is 4.90 Å². The van der Waals surface area contributed by atoms with Crippen LogP contribution in [0.1, 0.15) is 5.56 Å². The molecule has 2 rings (SSSR count). The van der Waals surface area contributed by atoms with Crippen molar-refractivity contribution in [2.75, 3.05) is 13.4 Å². The quantitative estimate of drug-likeness (QED) is 0.871. The van der Waals surface area contributed by atoms with Crippen molar-refractivity contribution in [1.29, 1.82) is 0 Å². The molecule has 0 atom stereocenters. The highest BCUT2D eigenvalue weighted by atomic mass is 32.2. The number of nitrogens with zero attached hydrogens (tertiary/aromatic N) is 1. The maximum absolute atomic E-state index is 11.7. The van der Waals surface area contributed by atoms with Gasteiger partial charge in [0.2, 0.25) is 0 Å². The summed E-state index contributed by atoms with van der Waals surface area (Å²) in [5.41, 5.74) is 2.18. The van der Waals surface area contributed by atoms with Gasteiger partial charge in [0.25, 0.3) is 0 Å². The Labute approximate surface area is 115 Å². The van der Waals surface area contributed by atoms with Crippen molar-refractivity contribution in [3.8, 4) is 16.9 Å². The van der Waals surface area contributed by atoms with Crippen molar-refractivity contribution in [1.82, 2.24) is 10.2 Å². The average molecular weight is 274 g/mol. The normalized spacial score (nSPS) is 10.2. The first-order chi connectivity index (χ1) is 9.22. The lowest BCUT2D eigenvalue weighted by atomic mass is 10.0. The van der Waals surface area contributed by atoms with E-state index in [1.54, 1.807) is 24.0 Å². The van der Waals surface area contributed by atoms with Crippen LogP contribution in [0.4, 0.5) is 0 Å². The van der Waals surface area contributed by atoms with Crippen LogP contribution >= 0.6 is 11.8 Å². The summed E-state index contributed by atoms with van der Waals surface area (Å²) in [4.78, 5) is 12.8. The lowest BCUT2D eigenvalue weighted by molar-refractivity contribution is 0.408. The summed E-state index contributed by atoms with van der Waals surface area (Å²) in [6, 6.07) is 5.88. The predicted molar refractivity (Wildman–Crippen MR) is 78.7 cm³/mol. The summed E-state index contributed by atoms with van der Waals surface area (Å²) < 4.78 is 5.18. The van der Waals surface area contributed by atoms with E-state index in [0.29, 0.717) is 5.56 Å². The van der Waals surface area contributed by atoms with Gasteiger partial charge in [0, 0.05) is 4.90 Å². The molecule has 1 aromatic heterocycles. The monoisotopic (exact) mass is 274 g/mol. The molecule has 0 unspecified atom stereocenters. The lowest BCUT2D eigenvalue weighted by Gasteiger charge is -2.12. The molecule has 0 saturated heterocycles. The molecule has 4 nitrogen and oxygen atoms in total. The van der Waals surface area contributed by atoms with Crippen molar-refractivity contribution in [2.24, 2.45) is 0 Å². The molecule has 0 bridgehead atoms. The Bertz CT molecular complexity index is 665. The van der Waals surface area contributed by atoms with Gasteiger partial charge in [-0.15, -0.1) is 11.8 Å². The molecule has 5 heteroatoms. The second kappa shape index (κ2) is 5.75. The van der Waals surface area contributed by atoms with E-state index in [2.05, 4.69) is 16.8 Å². The van der Waals surface area contributed by atoms with E-state index in [1.165, 1.54) is 7.11 Å². The van der Waals surface area contributed by atoms with Gasteiger partial charge in [-0.1, -0.05) is 24.8 Å². The van der Waals surface area contributed by atoms with Crippen LogP contribution in [0.15, 0.2) is 40.7 Å². The number of aromatic amines is 1. The predicted octanol–water partition coefficient (Wildman–Crippen LogP) is 2.81. The van der Waals surface area contributed by atoms with E-state index in [0.717, 1.165) is 16.0 Å². The first-order valence-corrected chi connectivity index (χ1v) is 6.87. The van der Waals surface area contributed by atoms with Gasteiger partial charge in [0.05, 0.1) is 18.9 Å². The fourth-order valence-corrected chi connectivity index (χ4v) is 2.58. The van der Waals surface area contributed by atoms with Gasteiger partial charge in [-0.2, -0.15) is 5.10 Å². The largest absolute Gasteiger partial charge is 0.491 e. The molecule has 0 fully saturated rings. The molecule has 0 amide bonds. The third kappa shape index (κ3) is 2.42. The first kappa shape index (κ1) is 13.4. The number of nitrogens with one attached hydrogen (secondary N) is 1. The first-order valence-electron chi connectivity index (χ1n) is 5.64. The number of methoxy groups -OCH3 is 1. The summed E-state index contributed by atoms with van der Waals surface area (Å²) >= 11 is 1.63. The smallest absolute Gasteiger partial charge is 0.307 e. The molecule has 1 aromatic carbocycles. The number of ether oxygens (including phenoxy) is 1. The molecule has 0 saturated carbocycles. The highest BCUT2D eigenvalue weighted by Crippen LogP contribution is 2.34. The molecule has 0 radical (unpaired) electrons. The maximum Gasteiger partial charge on any atom is 0.307 e. The molecule has 1 N–H and O–H groups in total. The van der Waals surface area contributed by atoms with Gasteiger partial charge in [0.15, 0.2) is 5.75 Å². The molecule has 98 valence electrons. The molecule has 19 heavy (non-hydrogen) atoms. The Hall–Kier alpha value is -2.01. The zero-order valence-corrected chi connectivity index (χ0v) is 11.6. The van der Waals surface area contributed by atoms with E-state index < -0.39 is 0 Å². The number of H-pyrrole nitrogens is 1. The fourth-order valence-electron chi connectivity index (χ4n) is 1.95. The van der Waals surface area contributed by atoms with Crippen molar-refractivity contribution in [3.63, 3.8) is 0 Å². The Morgan fingerprint density at radius 2 is 2.21 bits per heavy atom. The third-order valence-corrected chi connectivity index (χ3v) is 3.59. The summed E-state index contributed by atoms with van der Waals surface area (Å²) in [6.07, 6.45) is 5.37.